The van der Waals surface area contributed by atoms with Gasteiger partial charge in [0.05, 0.1) is 0 Å². The molecule has 1 aliphatic heterocycles. The number of rotatable bonds is 2. The second-order valence-electron chi connectivity index (χ2n) is 4.53. The van der Waals surface area contributed by atoms with Gasteiger partial charge in [0, 0.05) is 10.5 Å². The van der Waals surface area contributed by atoms with Crippen LogP contribution < -0.4 is 0 Å². The van der Waals surface area contributed by atoms with Crippen molar-refractivity contribution in [1.29, 1.82) is 0 Å². The zero-order valence-corrected chi connectivity index (χ0v) is 11.0. The van der Waals surface area contributed by atoms with Crippen LogP contribution in [0.3, 0.4) is 0 Å². The van der Waals surface area contributed by atoms with E-state index in [1.54, 1.807) is 0 Å². The van der Waals surface area contributed by atoms with Gasteiger partial charge in [0.2, 0.25) is 0 Å². The smallest absolute Gasteiger partial charge is 0.0483 e. The maximum atomic E-state index is 2.33. The maximum Gasteiger partial charge on any atom is 0.0483 e. The van der Waals surface area contributed by atoms with Crippen molar-refractivity contribution in [3.05, 3.63) is 83.9 Å². The van der Waals surface area contributed by atoms with Crippen molar-refractivity contribution in [3.8, 4) is 0 Å². The van der Waals surface area contributed by atoms with Crippen molar-refractivity contribution in [2.24, 2.45) is 0 Å². The topological polar surface area (TPSA) is 0 Å². The van der Waals surface area contributed by atoms with E-state index in [4.69, 9.17) is 0 Å². The highest BCUT2D eigenvalue weighted by Crippen LogP contribution is 2.46. The molecule has 3 rings (SSSR count). The number of hydrogen-bond donors (Lipinski definition) is 0. The number of benzene rings is 2. The lowest BCUT2D eigenvalue weighted by atomic mass is 10.1. The molecule has 18 heavy (non-hydrogen) atoms. The molecule has 0 aliphatic carbocycles. The van der Waals surface area contributed by atoms with E-state index in [2.05, 4.69) is 84.6 Å². The number of allylic oxidation sites excluding steroid dienone is 1. The molecule has 90 valence electrons. The first-order valence-corrected chi connectivity index (χ1v) is 7.30. The van der Waals surface area contributed by atoms with E-state index in [1.807, 2.05) is 0 Å². The van der Waals surface area contributed by atoms with Crippen molar-refractivity contribution in [2.75, 3.05) is 0 Å². The molecule has 1 aliphatic rings. The molecule has 1 heterocycles. The van der Waals surface area contributed by atoms with Gasteiger partial charge in [0.15, 0.2) is 0 Å². The molecular weight excluding hydrogens is 236 g/mol. The van der Waals surface area contributed by atoms with Gasteiger partial charge in [0.25, 0.3) is 0 Å². The van der Waals surface area contributed by atoms with Crippen molar-refractivity contribution in [3.63, 3.8) is 0 Å². The van der Waals surface area contributed by atoms with Crippen LogP contribution in [0.2, 0.25) is 0 Å². The van der Waals surface area contributed by atoms with Gasteiger partial charge in [-0.05, 0) is 17.5 Å². The summed E-state index contributed by atoms with van der Waals surface area (Å²) in [6, 6.07) is 21.6. The van der Waals surface area contributed by atoms with E-state index >= 15 is 0 Å². The molecule has 0 bridgehead atoms. The third-order valence-corrected chi connectivity index (χ3v) is 4.79. The molecule has 0 nitrogen and oxygen atoms in total. The average molecular weight is 252 g/mol. The molecule has 0 saturated heterocycles. The summed E-state index contributed by atoms with van der Waals surface area (Å²) < 4.78 is 0. The van der Waals surface area contributed by atoms with Crippen molar-refractivity contribution in [2.45, 2.75) is 16.9 Å². The van der Waals surface area contributed by atoms with Gasteiger partial charge in [-0.15, -0.1) is 11.8 Å². The van der Waals surface area contributed by atoms with Gasteiger partial charge in [0.1, 0.15) is 0 Å². The third-order valence-electron chi connectivity index (χ3n) is 3.27. The molecule has 0 aromatic heterocycles. The highest BCUT2D eigenvalue weighted by Gasteiger charge is 2.20. The molecule has 0 spiro atoms. The van der Waals surface area contributed by atoms with E-state index < -0.39 is 0 Å². The largest absolute Gasteiger partial charge is 0.141 e. The lowest BCUT2D eigenvalue weighted by Crippen LogP contribution is -2.02. The minimum atomic E-state index is 0.491. The molecule has 2 aromatic carbocycles. The third kappa shape index (κ3) is 2.51. The Labute approximate surface area is 113 Å². The fraction of sp³-hybridized carbons (Fsp3) is 0.176. The van der Waals surface area contributed by atoms with Crippen LogP contribution in [0.1, 0.15) is 28.0 Å². The van der Waals surface area contributed by atoms with Gasteiger partial charge < -0.3 is 0 Å². The summed E-state index contributed by atoms with van der Waals surface area (Å²) in [5.41, 5.74) is 2.84. The van der Waals surface area contributed by atoms with Crippen LogP contribution in [0, 0.1) is 0 Å². The number of thioether (sulfide) groups is 1. The minimum absolute atomic E-state index is 0.491. The minimum Gasteiger partial charge on any atom is -0.141 e. The van der Waals surface area contributed by atoms with Crippen molar-refractivity contribution >= 4 is 11.8 Å². The van der Waals surface area contributed by atoms with E-state index in [0.29, 0.717) is 10.5 Å². The Morgan fingerprint density at radius 2 is 1.39 bits per heavy atom. The Kier molecular flexibility index (Phi) is 3.51. The highest BCUT2D eigenvalue weighted by atomic mass is 32.2. The van der Waals surface area contributed by atoms with Crippen LogP contribution in [-0.2, 0) is 0 Å². The number of hydrogen-bond acceptors (Lipinski definition) is 1. The summed E-state index contributed by atoms with van der Waals surface area (Å²) in [6.07, 6.45) is 5.79. The molecule has 2 atom stereocenters. The first kappa shape index (κ1) is 11.6. The summed E-state index contributed by atoms with van der Waals surface area (Å²) in [7, 11) is 0. The molecule has 0 radical (unpaired) electrons. The van der Waals surface area contributed by atoms with E-state index in [-0.39, 0.29) is 0 Å². The monoisotopic (exact) mass is 252 g/mol. The summed E-state index contributed by atoms with van der Waals surface area (Å²) in [5.74, 6) is 0. The van der Waals surface area contributed by atoms with Crippen LogP contribution in [0.15, 0.2) is 72.8 Å². The predicted molar refractivity (Wildman–Crippen MR) is 79.7 cm³/mol. The van der Waals surface area contributed by atoms with Crippen LogP contribution in [-0.4, -0.2) is 0 Å². The summed E-state index contributed by atoms with van der Waals surface area (Å²) in [5, 5.41) is 1.08. The first-order chi connectivity index (χ1) is 8.93. The lowest BCUT2D eigenvalue weighted by molar-refractivity contribution is 0.933. The molecule has 0 N–H and O–H groups in total. The van der Waals surface area contributed by atoms with Gasteiger partial charge >= 0.3 is 0 Å². The fourth-order valence-electron chi connectivity index (χ4n) is 2.32. The Hall–Kier alpha value is -1.47. The van der Waals surface area contributed by atoms with Gasteiger partial charge in [-0.25, -0.2) is 0 Å². The quantitative estimate of drug-likeness (QED) is 0.665. The molecule has 0 saturated carbocycles. The standard InChI is InChI=1S/C17H16S/c1-3-8-14(9-4-1)16-12-7-13-17(18-16)15-10-5-2-6-11-15/h1-12,16-17H,13H2. The van der Waals surface area contributed by atoms with E-state index in [9.17, 15) is 0 Å². The molecule has 0 amide bonds. The second-order valence-corrected chi connectivity index (χ2v) is 5.88. The van der Waals surface area contributed by atoms with E-state index in [0.717, 1.165) is 6.42 Å². The van der Waals surface area contributed by atoms with Crippen molar-refractivity contribution < 1.29 is 0 Å². The van der Waals surface area contributed by atoms with Gasteiger partial charge in [-0.2, -0.15) is 0 Å². The zero-order chi connectivity index (χ0) is 12.2. The van der Waals surface area contributed by atoms with Crippen molar-refractivity contribution in [1.82, 2.24) is 0 Å². The molecule has 2 aromatic rings. The lowest BCUT2D eigenvalue weighted by Gasteiger charge is -2.25. The molecule has 2 unspecified atom stereocenters. The van der Waals surface area contributed by atoms with Crippen LogP contribution >= 0.6 is 11.8 Å². The Morgan fingerprint density at radius 1 is 0.778 bits per heavy atom. The fourth-order valence-corrected chi connectivity index (χ4v) is 3.72. The first-order valence-electron chi connectivity index (χ1n) is 6.35. The summed E-state index contributed by atoms with van der Waals surface area (Å²) in [6.45, 7) is 0. The Bertz CT molecular complexity index is 516. The Balaban J connectivity index is 1.81. The normalized spacial score (nSPS) is 22.9. The van der Waals surface area contributed by atoms with Crippen LogP contribution in [0.25, 0.3) is 0 Å². The zero-order valence-electron chi connectivity index (χ0n) is 10.2. The molecular formula is C17H16S. The highest BCUT2D eigenvalue weighted by molar-refractivity contribution is 8.00. The summed E-state index contributed by atoms with van der Waals surface area (Å²) >= 11 is 2.05. The predicted octanol–water partition coefficient (Wildman–Crippen LogP) is 5.16. The average Bonchev–Trinajstić information content (AvgIpc) is 2.49. The van der Waals surface area contributed by atoms with Crippen LogP contribution in [0.5, 0.6) is 0 Å². The van der Waals surface area contributed by atoms with Crippen LogP contribution in [0.4, 0.5) is 0 Å². The SMILES string of the molecule is C1=CC(c2ccccc2)SC(c2ccccc2)C1. The molecule has 1 heteroatoms. The Morgan fingerprint density at radius 3 is 2.06 bits per heavy atom. The molecule has 0 fully saturated rings. The van der Waals surface area contributed by atoms with Gasteiger partial charge in [-0.1, -0.05) is 72.8 Å². The summed E-state index contributed by atoms with van der Waals surface area (Å²) in [4.78, 5) is 0. The van der Waals surface area contributed by atoms with Gasteiger partial charge in [-0.3, -0.25) is 0 Å². The van der Waals surface area contributed by atoms with E-state index in [1.165, 1.54) is 11.1 Å². The second kappa shape index (κ2) is 5.45. The maximum absolute atomic E-state index is 2.33.